The van der Waals surface area contributed by atoms with Gasteiger partial charge in [-0.2, -0.15) is 15.0 Å². The molecule has 7 nitrogen and oxygen atoms in total. The molecule has 0 saturated carbocycles. The van der Waals surface area contributed by atoms with Crippen LogP contribution in [-0.4, -0.2) is 44.4 Å². The smallest absolute Gasteiger partial charge is 0.322 e. The lowest BCUT2D eigenvalue weighted by atomic mass is 10.1. The largest absolute Gasteiger partial charge is 0.480 e. The summed E-state index contributed by atoms with van der Waals surface area (Å²) in [6, 6.07) is 0. The van der Waals surface area contributed by atoms with Crippen molar-refractivity contribution in [2.24, 2.45) is 0 Å². The lowest BCUT2D eigenvalue weighted by Crippen LogP contribution is -2.28. The number of aliphatic carboxylic acids is 1. The highest BCUT2D eigenvalue weighted by molar-refractivity contribution is 7.98. The fourth-order valence-corrected chi connectivity index (χ4v) is 1.43. The highest BCUT2D eigenvalue weighted by Crippen LogP contribution is 2.16. The van der Waals surface area contributed by atoms with Crippen molar-refractivity contribution >= 4 is 29.6 Å². The molecule has 0 spiro atoms. The minimum atomic E-state index is -0.966. The summed E-state index contributed by atoms with van der Waals surface area (Å²) in [5.41, 5.74) is -0.179. The molecule has 3 N–H and O–H groups in total. The first-order chi connectivity index (χ1) is 8.30. The van der Waals surface area contributed by atoms with E-state index >= 15 is 0 Å². The number of carboxylic acids is 1. The molecular weight excluding hydrogens is 254 g/mol. The maximum atomic E-state index is 10.5. The van der Waals surface area contributed by atoms with Crippen molar-refractivity contribution in [3.63, 3.8) is 0 Å². The Morgan fingerprint density at radius 3 is 2.39 bits per heavy atom. The average Bonchev–Trinajstić information content (AvgIpc) is 2.23. The van der Waals surface area contributed by atoms with Crippen LogP contribution in [0.1, 0.15) is 20.8 Å². The van der Waals surface area contributed by atoms with Crippen molar-refractivity contribution in [3.05, 3.63) is 0 Å². The lowest BCUT2D eigenvalue weighted by Gasteiger charge is -2.20. The van der Waals surface area contributed by atoms with Crippen LogP contribution < -0.4 is 10.6 Å². The van der Waals surface area contributed by atoms with Crippen molar-refractivity contribution < 1.29 is 9.90 Å². The van der Waals surface area contributed by atoms with Crippen molar-refractivity contribution in [1.82, 2.24) is 15.0 Å². The zero-order valence-corrected chi connectivity index (χ0v) is 11.6. The normalized spacial score (nSPS) is 11.1. The fraction of sp³-hybridized carbons (Fsp3) is 0.600. The molecule has 8 heteroatoms. The second-order valence-electron chi connectivity index (χ2n) is 4.59. The molecular formula is C10H17N5O2S. The highest BCUT2D eigenvalue weighted by atomic mass is 32.2. The minimum Gasteiger partial charge on any atom is -0.480 e. The average molecular weight is 271 g/mol. The molecule has 0 amide bonds. The lowest BCUT2D eigenvalue weighted by molar-refractivity contribution is -0.134. The van der Waals surface area contributed by atoms with Crippen LogP contribution in [0.15, 0.2) is 5.16 Å². The van der Waals surface area contributed by atoms with Gasteiger partial charge in [0.2, 0.25) is 11.9 Å². The van der Waals surface area contributed by atoms with Crippen molar-refractivity contribution in [1.29, 1.82) is 0 Å². The van der Waals surface area contributed by atoms with Gasteiger partial charge in [0.25, 0.3) is 0 Å². The van der Waals surface area contributed by atoms with E-state index in [1.807, 2.05) is 27.0 Å². The summed E-state index contributed by atoms with van der Waals surface area (Å²) >= 11 is 1.37. The second kappa shape index (κ2) is 5.85. The summed E-state index contributed by atoms with van der Waals surface area (Å²) in [6.45, 7) is 5.73. The van der Waals surface area contributed by atoms with E-state index in [0.29, 0.717) is 11.1 Å². The Bertz CT molecular complexity index is 433. The number of carboxylic acid groups (broad SMARTS) is 1. The van der Waals surface area contributed by atoms with E-state index in [0.717, 1.165) is 0 Å². The maximum Gasteiger partial charge on any atom is 0.322 e. The second-order valence-corrected chi connectivity index (χ2v) is 5.37. The Morgan fingerprint density at radius 2 is 1.89 bits per heavy atom. The van der Waals surface area contributed by atoms with Crippen molar-refractivity contribution in [3.8, 4) is 0 Å². The highest BCUT2D eigenvalue weighted by Gasteiger charge is 2.13. The van der Waals surface area contributed by atoms with Crippen LogP contribution in [0.4, 0.5) is 11.9 Å². The minimum absolute atomic E-state index is 0.179. The molecule has 0 bridgehead atoms. The molecule has 0 radical (unpaired) electrons. The maximum absolute atomic E-state index is 10.5. The van der Waals surface area contributed by atoms with Crippen LogP contribution in [0.3, 0.4) is 0 Å². The number of thioether (sulfide) groups is 1. The monoisotopic (exact) mass is 271 g/mol. The van der Waals surface area contributed by atoms with E-state index in [1.165, 1.54) is 11.8 Å². The quantitative estimate of drug-likeness (QED) is 0.689. The van der Waals surface area contributed by atoms with Gasteiger partial charge in [-0.05, 0) is 27.0 Å². The Morgan fingerprint density at radius 1 is 1.28 bits per heavy atom. The van der Waals surface area contributed by atoms with Crippen LogP contribution >= 0.6 is 11.8 Å². The number of rotatable bonds is 5. The third-order valence-electron chi connectivity index (χ3n) is 1.68. The number of nitrogens with zero attached hydrogens (tertiary/aromatic N) is 3. The number of anilines is 2. The summed E-state index contributed by atoms with van der Waals surface area (Å²) in [7, 11) is 0. The van der Waals surface area contributed by atoms with Gasteiger partial charge >= 0.3 is 5.97 Å². The van der Waals surface area contributed by atoms with E-state index in [4.69, 9.17) is 5.11 Å². The SMILES string of the molecule is CSc1nc(NCC(=O)O)nc(NC(C)(C)C)n1. The van der Waals surface area contributed by atoms with Crippen LogP contribution in [0.25, 0.3) is 0 Å². The van der Waals surface area contributed by atoms with Crippen molar-refractivity contribution in [2.75, 3.05) is 23.4 Å². The van der Waals surface area contributed by atoms with Gasteiger partial charge in [-0.15, -0.1) is 0 Å². The standard InChI is InChI=1S/C10H17N5O2S/c1-10(2,3)15-8-12-7(11-5-6(16)17)13-9(14-8)18-4/h5H2,1-4H3,(H,16,17)(H2,11,12,13,14,15). The summed E-state index contributed by atoms with van der Waals surface area (Å²) in [6.07, 6.45) is 1.84. The number of hydrogen-bond acceptors (Lipinski definition) is 7. The predicted octanol–water partition coefficient (Wildman–Crippen LogP) is 1.30. The van der Waals surface area contributed by atoms with Gasteiger partial charge in [-0.25, -0.2) is 0 Å². The molecule has 0 saturated heterocycles. The van der Waals surface area contributed by atoms with Crippen LogP contribution in [0.2, 0.25) is 0 Å². The van der Waals surface area contributed by atoms with Gasteiger partial charge in [0.05, 0.1) is 0 Å². The van der Waals surface area contributed by atoms with E-state index in [1.54, 1.807) is 0 Å². The third kappa shape index (κ3) is 5.17. The first kappa shape index (κ1) is 14.5. The number of aromatic nitrogens is 3. The van der Waals surface area contributed by atoms with Gasteiger partial charge < -0.3 is 15.7 Å². The topological polar surface area (TPSA) is 100 Å². The zero-order valence-electron chi connectivity index (χ0n) is 10.8. The van der Waals surface area contributed by atoms with E-state index < -0.39 is 5.97 Å². The van der Waals surface area contributed by atoms with E-state index in [9.17, 15) is 4.79 Å². The van der Waals surface area contributed by atoms with Crippen molar-refractivity contribution in [2.45, 2.75) is 31.5 Å². The molecule has 100 valence electrons. The third-order valence-corrected chi connectivity index (χ3v) is 2.23. The molecule has 0 aliphatic heterocycles. The molecule has 1 aromatic heterocycles. The molecule has 1 heterocycles. The predicted molar refractivity (Wildman–Crippen MR) is 71.1 cm³/mol. The Balaban J connectivity index is 2.90. The molecule has 1 rings (SSSR count). The van der Waals surface area contributed by atoms with E-state index in [2.05, 4.69) is 25.6 Å². The van der Waals surface area contributed by atoms with Gasteiger partial charge in [-0.1, -0.05) is 11.8 Å². The number of hydrogen-bond donors (Lipinski definition) is 3. The van der Waals surface area contributed by atoms with Gasteiger partial charge in [-0.3, -0.25) is 4.79 Å². The van der Waals surface area contributed by atoms with Gasteiger partial charge in [0.15, 0.2) is 5.16 Å². The van der Waals surface area contributed by atoms with Crippen LogP contribution in [0.5, 0.6) is 0 Å². The summed E-state index contributed by atoms with van der Waals surface area (Å²) < 4.78 is 0. The molecule has 0 atom stereocenters. The first-order valence-corrected chi connectivity index (χ1v) is 6.56. The molecule has 1 aromatic rings. The van der Waals surface area contributed by atoms with Crippen LogP contribution in [0, 0.1) is 0 Å². The van der Waals surface area contributed by atoms with Gasteiger partial charge in [0, 0.05) is 5.54 Å². The molecule has 0 fully saturated rings. The molecule has 18 heavy (non-hydrogen) atoms. The Labute approximate surface area is 110 Å². The number of carbonyl (C=O) groups is 1. The summed E-state index contributed by atoms with van der Waals surface area (Å²) in [5, 5.41) is 14.9. The molecule has 0 aromatic carbocycles. The van der Waals surface area contributed by atoms with Gasteiger partial charge in [0.1, 0.15) is 6.54 Å². The molecule has 0 aliphatic rings. The van der Waals surface area contributed by atoms with E-state index in [-0.39, 0.29) is 18.0 Å². The first-order valence-electron chi connectivity index (χ1n) is 5.34. The summed E-state index contributed by atoms with van der Waals surface area (Å²) in [4.78, 5) is 22.9. The Hall–Kier alpha value is -1.57. The fourth-order valence-electron chi connectivity index (χ4n) is 1.07. The Kier molecular flexibility index (Phi) is 4.71. The summed E-state index contributed by atoms with van der Waals surface area (Å²) in [5.74, 6) is -0.287. The molecule has 0 unspecified atom stereocenters. The van der Waals surface area contributed by atoms with Crippen LogP contribution in [-0.2, 0) is 4.79 Å². The number of nitrogens with one attached hydrogen (secondary N) is 2. The molecule has 0 aliphatic carbocycles. The zero-order chi connectivity index (χ0) is 13.8.